The van der Waals surface area contributed by atoms with Crippen molar-refractivity contribution in [3.8, 4) is 0 Å². The number of halogens is 2. The van der Waals surface area contributed by atoms with Gasteiger partial charge in [0.25, 0.3) is 5.91 Å². The van der Waals surface area contributed by atoms with Gasteiger partial charge in [-0.15, -0.1) is 0 Å². The highest BCUT2D eigenvalue weighted by atomic mass is 35.5. The van der Waals surface area contributed by atoms with Crippen LogP contribution in [0, 0.1) is 5.82 Å². The molecule has 2 aliphatic rings. The zero-order valence-corrected chi connectivity index (χ0v) is 11.1. The van der Waals surface area contributed by atoms with Crippen molar-refractivity contribution in [3.63, 3.8) is 0 Å². The summed E-state index contributed by atoms with van der Waals surface area (Å²) in [6.45, 7) is 0.450. The first-order valence-electron chi connectivity index (χ1n) is 6.23. The van der Waals surface area contributed by atoms with Gasteiger partial charge in [-0.2, -0.15) is 0 Å². The van der Waals surface area contributed by atoms with Crippen molar-refractivity contribution in [2.45, 2.75) is 24.4 Å². The van der Waals surface area contributed by atoms with E-state index in [2.05, 4.69) is 5.32 Å². The molecule has 2 fully saturated rings. The molecule has 0 aromatic heterocycles. The lowest BCUT2D eigenvalue weighted by Gasteiger charge is -2.17. The predicted molar refractivity (Wildman–Crippen MR) is 68.2 cm³/mol. The Bertz CT molecular complexity index is 541. The number of ether oxygens (including phenoxy) is 2. The van der Waals surface area contributed by atoms with Crippen LogP contribution in [-0.4, -0.2) is 48.6 Å². The van der Waals surface area contributed by atoms with Crippen molar-refractivity contribution in [3.05, 3.63) is 34.6 Å². The molecule has 4 atom stereocenters. The number of aliphatic hydroxyl groups is 1. The fourth-order valence-electron chi connectivity index (χ4n) is 2.49. The normalized spacial score (nSPS) is 32.1. The van der Waals surface area contributed by atoms with Gasteiger partial charge in [0, 0.05) is 5.56 Å². The minimum atomic E-state index is -0.671. The third kappa shape index (κ3) is 2.40. The van der Waals surface area contributed by atoms with Crippen LogP contribution < -0.4 is 5.32 Å². The van der Waals surface area contributed by atoms with Gasteiger partial charge < -0.3 is 19.9 Å². The highest BCUT2D eigenvalue weighted by Gasteiger charge is 2.47. The molecule has 0 bridgehead atoms. The number of carbonyl (C=O) groups excluding carboxylic acids is 1. The van der Waals surface area contributed by atoms with Crippen LogP contribution in [-0.2, 0) is 9.47 Å². The molecule has 2 saturated heterocycles. The van der Waals surface area contributed by atoms with E-state index in [1.807, 2.05) is 0 Å². The topological polar surface area (TPSA) is 67.8 Å². The number of fused-ring (bicyclic) bond motifs is 1. The Labute approximate surface area is 119 Å². The van der Waals surface area contributed by atoms with Gasteiger partial charge in [0.15, 0.2) is 0 Å². The van der Waals surface area contributed by atoms with Crippen molar-refractivity contribution in [1.82, 2.24) is 5.32 Å². The molecule has 0 unspecified atom stereocenters. The number of hydrogen-bond acceptors (Lipinski definition) is 4. The molecule has 0 aliphatic carbocycles. The summed E-state index contributed by atoms with van der Waals surface area (Å²) < 4.78 is 24.1. The number of aliphatic hydroxyl groups excluding tert-OH is 1. The molecular weight excluding hydrogens is 289 g/mol. The molecule has 20 heavy (non-hydrogen) atoms. The molecule has 5 nitrogen and oxygen atoms in total. The van der Waals surface area contributed by atoms with E-state index < -0.39 is 23.9 Å². The quantitative estimate of drug-likeness (QED) is 0.845. The summed E-state index contributed by atoms with van der Waals surface area (Å²) in [5.41, 5.74) is 0.175. The molecule has 0 radical (unpaired) electrons. The van der Waals surface area contributed by atoms with Gasteiger partial charge in [-0.3, -0.25) is 4.79 Å². The average molecular weight is 302 g/mol. The van der Waals surface area contributed by atoms with Gasteiger partial charge in [-0.1, -0.05) is 11.6 Å². The van der Waals surface area contributed by atoms with E-state index >= 15 is 0 Å². The van der Waals surface area contributed by atoms with Crippen LogP contribution in [0.3, 0.4) is 0 Å². The molecule has 108 valence electrons. The smallest absolute Gasteiger partial charge is 0.251 e. The van der Waals surface area contributed by atoms with Gasteiger partial charge >= 0.3 is 0 Å². The Balaban J connectivity index is 1.69. The molecule has 2 aliphatic heterocycles. The number of benzene rings is 1. The van der Waals surface area contributed by atoms with E-state index in [9.17, 15) is 14.3 Å². The van der Waals surface area contributed by atoms with Crippen molar-refractivity contribution in [1.29, 1.82) is 0 Å². The lowest BCUT2D eigenvalue weighted by Crippen LogP contribution is -2.44. The van der Waals surface area contributed by atoms with Gasteiger partial charge in [0.2, 0.25) is 0 Å². The number of nitrogens with one attached hydrogen (secondary N) is 1. The first-order valence-corrected chi connectivity index (χ1v) is 6.61. The highest BCUT2D eigenvalue weighted by Crippen LogP contribution is 2.27. The Hall–Kier alpha value is -1.21. The van der Waals surface area contributed by atoms with E-state index in [1.54, 1.807) is 0 Å². The van der Waals surface area contributed by atoms with Crippen molar-refractivity contribution < 1.29 is 23.8 Å². The van der Waals surface area contributed by atoms with E-state index in [0.29, 0.717) is 0 Å². The zero-order valence-electron chi connectivity index (χ0n) is 10.4. The summed E-state index contributed by atoms with van der Waals surface area (Å²) in [7, 11) is 0. The standard InChI is InChI=1S/C13H13ClFNO4/c14-7-2-1-6(3-8(7)15)13(18)16-9-4-19-12-10(17)5-20-11(9)12/h1-3,9-12,17H,4-5H2,(H,16,18)/t9-,10-,11+,12+/m0/s1. The Morgan fingerprint density at radius 2 is 2.10 bits per heavy atom. The maximum atomic E-state index is 13.3. The van der Waals surface area contributed by atoms with E-state index in [0.717, 1.165) is 6.07 Å². The van der Waals surface area contributed by atoms with Crippen LogP contribution in [0.2, 0.25) is 5.02 Å². The molecule has 2 heterocycles. The summed E-state index contributed by atoms with van der Waals surface area (Å²) in [5, 5.41) is 12.3. The summed E-state index contributed by atoms with van der Waals surface area (Å²) in [4.78, 5) is 12.0. The summed E-state index contributed by atoms with van der Waals surface area (Å²) in [5.74, 6) is -1.08. The first kappa shape index (κ1) is 13.8. The molecule has 1 amide bonds. The van der Waals surface area contributed by atoms with E-state index in [4.69, 9.17) is 21.1 Å². The lowest BCUT2D eigenvalue weighted by atomic mass is 10.1. The second-order valence-corrected chi connectivity index (χ2v) is 5.28. The third-order valence-electron chi connectivity index (χ3n) is 3.53. The molecule has 0 saturated carbocycles. The Morgan fingerprint density at radius 1 is 1.35 bits per heavy atom. The minimum absolute atomic E-state index is 0.0342. The fraction of sp³-hybridized carbons (Fsp3) is 0.462. The van der Waals surface area contributed by atoms with Crippen molar-refractivity contribution in [2.24, 2.45) is 0 Å². The van der Waals surface area contributed by atoms with E-state index in [-0.39, 0.29) is 35.9 Å². The fourth-order valence-corrected chi connectivity index (χ4v) is 2.61. The minimum Gasteiger partial charge on any atom is -0.388 e. The van der Waals surface area contributed by atoms with Gasteiger partial charge in [-0.05, 0) is 18.2 Å². The largest absolute Gasteiger partial charge is 0.388 e. The molecular formula is C13H13ClFNO4. The molecule has 1 aromatic rings. The zero-order chi connectivity index (χ0) is 14.3. The molecule has 0 spiro atoms. The number of amides is 1. The van der Waals surface area contributed by atoms with Crippen molar-refractivity contribution in [2.75, 3.05) is 13.2 Å². The SMILES string of the molecule is O=C(N[C@H]1CO[C@H]2[C@@H]1OC[C@@H]2O)c1ccc(Cl)c(F)c1. The number of rotatable bonds is 2. The van der Waals surface area contributed by atoms with Crippen molar-refractivity contribution >= 4 is 17.5 Å². The summed E-state index contributed by atoms with van der Waals surface area (Å²) >= 11 is 5.57. The monoisotopic (exact) mass is 301 g/mol. The second-order valence-electron chi connectivity index (χ2n) is 4.87. The summed E-state index contributed by atoms with van der Waals surface area (Å²) in [6, 6.07) is 3.49. The number of hydrogen-bond donors (Lipinski definition) is 2. The average Bonchev–Trinajstić information content (AvgIpc) is 2.97. The molecule has 3 rings (SSSR count). The van der Waals surface area contributed by atoms with Gasteiger partial charge in [-0.25, -0.2) is 4.39 Å². The Morgan fingerprint density at radius 3 is 2.85 bits per heavy atom. The van der Waals surface area contributed by atoms with Gasteiger partial charge in [0.1, 0.15) is 24.1 Å². The first-order chi connectivity index (χ1) is 9.56. The molecule has 1 aromatic carbocycles. The van der Waals surface area contributed by atoms with Crippen LogP contribution in [0.5, 0.6) is 0 Å². The summed E-state index contributed by atoms with van der Waals surface area (Å²) in [6.07, 6.45) is -1.46. The lowest BCUT2D eigenvalue weighted by molar-refractivity contribution is 0.0178. The van der Waals surface area contributed by atoms with Crippen LogP contribution in [0.1, 0.15) is 10.4 Å². The predicted octanol–water partition coefficient (Wildman–Crippen LogP) is 0.736. The third-order valence-corrected chi connectivity index (χ3v) is 3.83. The van der Waals surface area contributed by atoms with Gasteiger partial charge in [0.05, 0.1) is 24.3 Å². The van der Waals surface area contributed by atoms with Crippen LogP contribution in [0.15, 0.2) is 18.2 Å². The maximum absolute atomic E-state index is 13.3. The molecule has 7 heteroatoms. The van der Waals surface area contributed by atoms with Crippen LogP contribution >= 0.6 is 11.6 Å². The maximum Gasteiger partial charge on any atom is 0.251 e. The van der Waals surface area contributed by atoms with Crippen LogP contribution in [0.4, 0.5) is 4.39 Å². The van der Waals surface area contributed by atoms with E-state index in [1.165, 1.54) is 12.1 Å². The molecule has 2 N–H and O–H groups in total. The second kappa shape index (κ2) is 5.29. The number of carbonyl (C=O) groups is 1. The van der Waals surface area contributed by atoms with Crippen LogP contribution in [0.25, 0.3) is 0 Å². The highest BCUT2D eigenvalue weighted by molar-refractivity contribution is 6.30. The Kier molecular flexibility index (Phi) is 3.64.